The molecule has 0 radical (unpaired) electrons. The number of rotatable bonds is 6. The monoisotopic (exact) mass is 295 g/mol. The molecule has 20 heavy (non-hydrogen) atoms. The Kier molecular flexibility index (Phi) is 6.00. The normalized spacial score (nSPS) is 26.1. The Hall–Kier alpha value is -0.450. The summed E-state index contributed by atoms with van der Waals surface area (Å²) >= 11 is 1.79. The van der Waals surface area contributed by atoms with E-state index >= 15 is 0 Å². The second-order valence-electron chi connectivity index (χ2n) is 6.43. The number of hydrogen-bond donors (Lipinski definition) is 1. The van der Waals surface area contributed by atoms with Gasteiger partial charge in [-0.3, -0.25) is 4.90 Å². The summed E-state index contributed by atoms with van der Waals surface area (Å²) in [7, 11) is 0. The summed E-state index contributed by atoms with van der Waals surface area (Å²) in [5.41, 5.74) is 0. The molecule has 114 valence electrons. The molecule has 2 heterocycles. The number of thiazole rings is 1. The lowest BCUT2D eigenvalue weighted by Gasteiger charge is -2.43. The Morgan fingerprint density at radius 1 is 1.45 bits per heavy atom. The first-order valence-corrected chi connectivity index (χ1v) is 8.86. The summed E-state index contributed by atoms with van der Waals surface area (Å²) in [6, 6.07) is 1.32. The van der Waals surface area contributed by atoms with Gasteiger partial charge in [-0.2, -0.15) is 0 Å². The van der Waals surface area contributed by atoms with E-state index in [4.69, 9.17) is 0 Å². The quantitative estimate of drug-likeness (QED) is 0.872. The van der Waals surface area contributed by atoms with E-state index in [1.165, 1.54) is 24.4 Å². The Morgan fingerprint density at radius 2 is 2.25 bits per heavy atom. The van der Waals surface area contributed by atoms with Gasteiger partial charge in [-0.05, 0) is 12.3 Å². The molecule has 2 rings (SSSR count). The largest absolute Gasteiger partial charge is 0.311 e. The lowest BCUT2D eigenvalue weighted by atomic mass is 9.96. The fraction of sp³-hybridized carbons (Fsp3) is 0.812. The minimum absolute atomic E-state index is 0.539. The molecule has 1 N–H and O–H groups in total. The van der Waals surface area contributed by atoms with Crippen LogP contribution >= 0.6 is 11.3 Å². The van der Waals surface area contributed by atoms with Crippen molar-refractivity contribution in [2.24, 2.45) is 5.92 Å². The van der Waals surface area contributed by atoms with Crippen LogP contribution in [0.25, 0.3) is 0 Å². The van der Waals surface area contributed by atoms with Crippen molar-refractivity contribution in [2.75, 3.05) is 19.6 Å². The molecule has 1 saturated heterocycles. The van der Waals surface area contributed by atoms with Crippen LogP contribution in [0.5, 0.6) is 0 Å². The summed E-state index contributed by atoms with van der Waals surface area (Å²) in [6.45, 7) is 12.7. The maximum Gasteiger partial charge on any atom is 0.0965 e. The summed E-state index contributed by atoms with van der Waals surface area (Å²) in [5, 5.41) is 7.10. The second-order valence-corrected chi connectivity index (χ2v) is 7.36. The molecule has 1 aromatic rings. The molecule has 1 fully saturated rings. The van der Waals surface area contributed by atoms with Crippen molar-refractivity contribution in [3.8, 4) is 0 Å². The SMILES string of the molecule is CCCC1CN(CC(C)c2nccs2)C(C(C)C)CN1. The molecule has 3 unspecified atom stereocenters. The van der Waals surface area contributed by atoms with Crippen LogP contribution in [-0.2, 0) is 0 Å². The van der Waals surface area contributed by atoms with Crippen LogP contribution in [0.2, 0.25) is 0 Å². The van der Waals surface area contributed by atoms with E-state index in [1.54, 1.807) is 11.3 Å². The third kappa shape index (κ3) is 4.03. The number of hydrogen-bond acceptors (Lipinski definition) is 4. The Bertz CT molecular complexity index is 377. The van der Waals surface area contributed by atoms with Gasteiger partial charge in [-0.15, -0.1) is 11.3 Å². The fourth-order valence-electron chi connectivity index (χ4n) is 3.22. The van der Waals surface area contributed by atoms with E-state index in [-0.39, 0.29) is 0 Å². The molecule has 3 nitrogen and oxygen atoms in total. The first kappa shape index (κ1) is 15.9. The van der Waals surface area contributed by atoms with Gasteiger partial charge in [-0.1, -0.05) is 34.1 Å². The third-order valence-corrected chi connectivity index (χ3v) is 5.33. The van der Waals surface area contributed by atoms with Crippen LogP contribution in [0.1, 0.15) is 51.5 Å². The van der Waals surface area contributed by atoms with E-state index in [9.17, 15) is 0 Å². The number of nitrogens with zero attached hydrogens (tertiary/aromatic N) is 2. The van der Waals surface area contributed by atoms with Gasteiger partial charge in [0.05, 0.1) is 5.01 Å². The van der Waals surface area contributed by atoms with E-state index < -0.39 is 0 Å². The average Bonchev–Trinajstić information content (AvgIpc) is 2.93. The van der Waals surface area contributed by atoms with Crippen molar-refractivity contribution in [1.82, 2.24) is 15.2 Å². The van der Waals surface area contributed by atoms with Gasteiger partial charge in [0, 0.05) is 49.2 Å². The van der Waals surface area contributed by atoms with Gasteiger partial charge in [0.15, 0.2) is 0 Å². The zero-order valence-corrected chi connectivity index (χ0v) is 14.1. The maximum absolute atomic E-state index is 4.48. The molecule has 0 bridgehead atoms. The molecular formula is C16H29N3S. The molecule has 3 atom stereocenters. The van der Waals surface area contributed by atoms with Gasteiger partial charge in [-0.25, -0.2) is 4.98 Å². The van der Waals surface area contributed by atoms with Crippen molar-refractivity contribution in [3.05, 3.63) is 16.6 Å². The Morgan fingerprint density at radius 3 is 2.85 bits per heavy atom. The van der Waals surface area contributed by atoms with Crippen LogP contribution in [0.3, 0.4) is 0 Å². The van der Waals surface area contributed by atoms with E-state index in [2.05, 4.69) is 48.3 Å². The van der Waals surface area contributed by atoms with Crippen molar-refractivity contribution >= 4 is 11.3 Å². The molecule has 0 amide bonds. The van der Waals surface area contributed by atoms with Gasteiger partial charge in [0.2, 0.25) is 0 Å². The summed E-state index contributed by atoms with van der Waals surface area (Å²) in [6.07, 6.45) is 4.47. The lowest BCUT2D eigenvalue weighted by molar-refractivity contribution is 0.0905. The van der Waals surface area contributed by atoms with Crippen molar-refractivity contribution in [3.63, 3.8) is 0 Å². The summed E-state index contributed by atoms with van der Waals surface area (Å²) in [5.74, 6) is 1.24. The smallest absolute Gasteiger partial charge is 0.0965 e. The van der Waals surface area contributed by atoms with Gasteiger partial charge in [0.1, 0.15) is 0 Å². The Balaban J connectivity index is 1.99. The number of nitrogens with one attached hydrogen (secondary N) is 1. The van der Waals surface area contributed by atoms with Crippen LogP contribution in [0, 0.1) is 5.92 Å². The Labute approximate surface area is 127 Å². The molecule has 1 aromatic heterocycles. The van der Waals surface area contributed by atoms with Crippen LogP contribution in [0.4, 0.5) is 0 Å². The molecule has 1 aliphatic rings. The number of aromatic nitrogens is 1. The summed E-state index contributed by atoms with van der Waals surface area (Å²) < 4.78 is 0. The third-order valence-electron chi connectivity index (χ3n) is 4.33. The minimum atomic E-state index is 0.539. The fourth-order valence-corrected chi connectivity index (χ4v) is 3.91. The van der Waals surface area contributed by atoms with Gasteiger partial charge < -0.3 is 5.32 Å². The lowest BCUT2D eigenvalue weighted by Crippen LogP contribution is -2.58. The standard InChI is InChI=1S/C16H29N3S/c1-5-6-14-11-19(15(9-18-14)12(2)3)10-13(4)16-17-7-8-20-16/h7-8,12-15,18H,5-6,9-11H2,1-4H3. The average molecular weight is 295 g/mol. The zero-order chi connectivity index (χ0) is 14.5. The van der Waals surface area contributed by atoms with Crippen molar-refractivity contribution in [2.45, 2.75) is 58.5 Å². The van der Waals surface area contributed by atoms with Gasteiger partial charge in [0.25, 0.3) is 0 Å². The van der Waals surface area contributed by atoms with E-state index in [1.807, 2.05) is 6.20 Å². The van der Waals surface area contributed by atoms with Gasteiger partial charge >= 0.3 is 0 Å². The zero-order valence-electron chi connectivity index (χ0n) is 13.3. The van der Waals surface area contributed by atoms with Crippen LogP contribution in [-0.4, -0.2) is 41.6 Å². The highest BCUT2D eigenvalue weighted by atomic mass is 32.1. The van der Waals surface area contributed by atoms with Crippen molar-refractivity contribution < 1.29 is 0 Å². The highest BCUT2D eigenvalue weighted by Gasteiger charge is 2.30. The first-order valence-electron chi connectivity index (χ1n) is 7.98. The molecule has 4 heteroatoms. The molecular weight excluding hydrogens is 266 g/mol. The number of piperazine rings is 1. The summed E-state index contributed by atoms with van der Waals surface area (Å²) in [4.78, 5) is 7.19. The second kappa shape index (κ2) is 7.53. The van der Waals surface area contributed by atoms with Crippen molar-refractivity contribution in [1.29, 1.82) is 0 Å². The maximum atomic E-state index is 4.48. The predicted octanol–water partition coefficient (Wildman–Crippen LogP) is 3.35. The van der Waals surface area contributed by atoms with Crippen LogP contribution < -0.4 is 5.32 Å². The molecule has 0 aromatic carbocycles. The van der Waals surface area contributed by atoms with E-state index in [0.29, 0.717) is 23.9 Å². The van der Waals surface area contributed by atoms with Crippen LogP contribution in [0.15, 0.2) is 11.6 Å². The minimum Gasteiger partial charge on any atom is -0.311 e. The highest BCUT2D eigenvalue weighted by molar-refractivity contribution is 7.09. The first-order chi connectivity index (χ1) is 9.61. The molecule has 0 spiro atoms. The predicted molar refractivity (Wildman–Crippen MR) is 87.4 cm³/mol. The van der Waals surface area contributed by atoms with E-state index in [0.717, 1.165) is 13.1 Å². The molecule has 0 saturated carbocycles. The highest BCUT2D eigenvalue weighted by Crippen LogP contribution is 2.23. The molecule has 0 aliphatic carbocycles. The molecule has 1 aliphatic heterocycles. The topological polar surface area (TPSA) is 28.2 Å².